The van der Waals surface area contributed by atoms with Gasteiger partial charge in [0.25, 0.3) is 0 Å². The molecule has 2 N–H and O–H groups in total. The Kier molecular flexibility index (Phi) is 8.35. The van der Waals surface area contributed by atoms with E-state index in [1.807, 2.05) is 24.3 Å². The Morgan fingerprint density at radius 3 is 2.55 bits per heavy atom. The number of aliphatic hydroxyl groups is 1. The topological polar surface area (TPSA) is 97.7 Å². The summed E-state index contributed by atoms with van der Waals surface area (Å²) in [6.45, 7) is 1.87. The Morgan fingerprint density at radius 1 is 1.10 bits per heavy atom. The van der Waals surface area contributed by atoms with E-state index in [1.54, 1.807) is 13.2 Å². The van der Waals surface area contributed by atoms with Gasteiger partial charge in [-0.25, -0.2) is 9.18 Å². The number of hydrogen-bond acceptors (Lipinski definition) is 7. The zero-order valence-corrected chi connectivity index (χ0v) is 22.8. The molecule has 1 spiro atoms. The highest BCUT2D eigenvalue weighted by molar-refractivity contribution is 6.32. The summed E-state index contributed by atoms with van der Waals surface area (Å²) < 4.78 is 36.5. The zero-order valence-electron chi connectivity index (χ0n) is 22.1. The number of β-amino-alcohol motifs (C(OH)–C–C–N with tert-alkyl or cyclic N) is 1. The third kappa shape index (κ3) is 6.43. The molecule has 0 bridgehead atoms. The van der Waals surface area contributed by atoms with Crippen LogP contribution in [0.4, 0.5) is 4.39 Å². The van der Waals surface area contributed by atoms with Crippen LogP contribution in [0.1, 0.15) is 34.3 Å². The summed E-state index contributed by atoms with van der Waals surface area (Å²) in [5, 5.41) is 20.5. The van der Waals surface area contributed by atoms with Gasteiger partial charge in [-0.15, -0.1) is 0 Å². The minimum atomic E-state index is -1.20. The third-order valence-corrected chi connectivity index (χ3v) is 7.64. The minimum Gasteiger partial charge on any atom is -0.497 e. The lowest BCUT2D eigenvalue weighted by molar-refractivity contribution is -0.00204. The first-order valence-corrected chi connectivity index (χ1v) is 13.4. The summed E-state index contributed by atoms with van der Waals surface area (Å²) in [4.78, 5) is 13.9. The summed E-state index contributed by atoms with van der Waals surface area (Å²) in [6.07, 6.45) is 1.33. The van der Waals surface area contributed by atoms with Gasteiger partial charge in [-0.1, -0.05) is 23.7 Å². The Bertz CT molecular complexity index is 1360. The Morgan fingerprint density at radius 2 is 1.85 bits per heavy atom. The second kappa shape index (κ2) is 11.9. The molecule has 0 aliphatic carbocycles. The van der Waals surface area contributed by atoms with Gasteiger partial charge in [0.15, 0.2) is 0 Å². The highest BCUT2D eigenvalue weighted by Gasteiger charge is 2.42. The van der Waals surface area contributed by atoms with Gasteiger partial charge < -0.3 is 34.1 Å². The van der Waals surface area contributed by atoms with Gasteiger partial charge in [0.2, 0.25) is 0 Å². The van der Waals surface area contributed by atoms with E-state index >= 15 is 0 Å². The van der Waals surface area contributed by atoms with Crippen LogP contribution < -0.4 is 18.9 Å². The van der Waals surface area contributed by atoms with E-state index < -0.39 is 12.1 Å². The van der Waals surface area contributed by atoms with Crippen molar-refractivity contribution < 1.29 is 38.3 Å². The van der Waals surface area contributed by atoms with E-state index in [0.717, 1.165) is 35.5 Å². The van der Waals surface area contributed by atoms with Crippen molar-refractivity contribution in [3.8, 4) is 23.0 Å². The molecule has 0 aromatic heterocycles. The molecule has 1 saturated heterocycles. The molecule has 0 radical (unpaired) electrons. The predicted octanol–water partition coefficient (Wildman–Crippen LogP) is 4.97. The lowest BCUT2D eigenvalue weighted by Gasteiger charge is -2.39. The number of carboxylic acids is 1. The van der Waals surface area contributed by atoms with Crippen molar-refractivity contribution in [1.82, 2.24) is 4.90 Å². The van der Waals surface area contributed by atoms with E-state index in [1.165, 1.54) is 24.3 Å². The molecule has 10 heteroatoms. The first-order chi connectivity index (χ1) is 19.2. The number of nitrogens with zero attached hydrogens (tertiary/aromatic N) is 1. The molecule has 0 unspecified atom stereocenters. The molecule has 40 heavy (non-hydrogen) atoms. The van der Waals surface area contributed by atoms with E-state index in [-0.39, 0.29) is 46.7 Å². The van der Waals surface area contributed by atoms with E-state index in [2.05, 4.69) is 4.90 Å². The number of benzene rings is 3. The van der Waals surface area contributed by atoms with E-state index in [9.17, 15) is 19.4 Å². The molecule has 1 atom stereocenters. The van der Waals surface area contributed by atoms with Crippen LogP contribution in [0.25, 0.3) is 0 Å². The molecule has 1 fully saturated rings. The second-order valence-corrected chi connectivity index (χ2v) is 10.6. The van der Waals surface area contributed by atoms with Crippen LogP contribution in [0.15, 0.2) is 54.6 Å². The van der Waals surface area contributed by atoms with Gasteiger partial charge in [-0.05, 0) is 42.0 Å². The van der Waals surface area contributed by atoms with Gasteiger partial charge >= 0.3 is 5.97 Å². The molecule has 2 aliphatic rings. The van der Waals surface area contributed by atoms with Crippen LogP contribution in [0.5, 0.6) is 23.0 Å². The van der Waals surface area contributed by atoms with Crippen molar-refractivity contribution in [3.63, 3.8) is 0 Å². The summed E-state index contributed by atoms with van der Waals surface area (Å²) >= 11 is 6.29. The number of fused-ring (bicyclic) bond motifs is 1. The van der Waals surface area contributed by atoms with Crippen LogP contribution in [0.3, 0.4) is 0 Å². The maximum Gasteiger partial charge on any atom is 0.339 e. The second-order valence-electron chi connectivity index (χ2n) is 10.2. The summed E-state index contributed by atoms with van der Waals surface area (Å²) in [5.41, 5.74) is 1.31. The summed E-state index contributed by atoms with van der Waals surface area (Å²) in [7, 11) is 1.59. The van der Waals surface area contributed by atoms with Gasteiger partial charge in [0, 0.05) is 50.5 Å². The lowest BCUT2D eigenvalue weighted by Crippen LogP contribution is -2.49. The predicted molar refractivity (Wildman–Crippen MR) is 146 cm³/mol. The number of aliphatic hydroxyl groups excluding tert-OH is 1. The van der Waals surface area contributed by atoms with Crippen LogP contribution in [0, 0.1) is 5.82 Å². The van der Waals surface area contributed by atoms with Gasteiger partial charge in [-0.2, -0.15) is 0 Å². The molecule has 2 heterocycles. The lowest BCUT2D eigenvalue weighted by atomic mass is 9.87. The molecular formula is C30H31ClFNO7. The van der Waals surface area contributed by atoms with E-state index in [0.29, 0.717) is 26.1 Å². The average Bonchev–Trinajstić information content (AvgIpc) is 3.29. The normalized spacial score (nSPS) is 16.7. The number of carbonyl (C=O) groups is 1. The molecule has 5 rings (SSSR count). The largest absolute Gasteiger partial charge is 0.497 e. The average molecular weight is 572 g/mol. The van der Waals surface area contributed by atoms with Crippen molar-refractivity contribution in [3.05, 3.63) is 82.1 Å². The number of piperidine rings is 1. The number of carboxylic acid groups (broad SMARTS) is 1. The Hall–Kier alpha value is -3.53. The molecule has 8 nitrogen and oxygen atoms in total. The first-order valence-electron chi connectivity index (χ1n) is 13.1. The fraction of sp³-hybridized carbons (Fsp3) is 0.367. The molecule has 3 aromatic rings. The van der Waals surface area contributed by atoms with Crippen molar-refractivity contribution >= 4 is 17.6 Å². The first kappa shape index (κ1) is 28.0. The SMILES string of the molecule is COc1ccc(COc2cc(OC[C@@H](O)CN3CCC4(CC3)Cc3cc(F)ccc3O4)c(C(=O)O)cc2Cl)cc1. The monoisotopic (exact) mass is 571 g/mol. The number of rotatable bonds is 10. The molecular weight excluding hydrogens is 541 g/mol. The van der Waals surface area contributed by atoms with Crippen LogP contribution in [-0.2, 0) is 13.0 Å². The summed E-state index contributed by atoms with van der Waals surface area (Å²) in [6, 6.07) is 14.7. The van der Waals surface area contributed by atoms with Crippen molar-refractivity contribution in [2.75, 3.05) is 33.4 Å². The maximum absolute atomic E-state index is 13.6. The highest BCUT2D eigenvalue weighted by Crippen LogP contribution is 2.41. The quantitative estimate of drug-likeness (QED) is 0.352. The number of ether oxygens (including phenoxy) is 4. The molecule has 0 saturated carbocycles. The summed E-state index contributed by atoms with van der Waals surface area (Å²) in [5.74, 6) is 0.329. The third-order valence-electron chi connectivity index (χ3n) is 7.35. The van der Waals surface area contributed by atoms with Crippen molar-refractivity contribution in [1.29, 1.82) is 0 Å². The van der Waals surface area contributed by atoms with Crippen LogP contribution in [-0.4, -0.2) is 66.1 Å². The molecule has 2 aliphatic heterocycles. The van der Waals surface area contributed by atoms with Gasteiger partial charge in [-0.3, -0.25) is 0 Å². The van der Waals surface area contributed by atoms with Crippen molar-refractivity contribution in [2.45, 2.75) is 37.6 Å². The van der Waals surface area contributed by atoms with Crippen LogP contribution in [0.2, 0.25) is 5.02 Å². The van der Waals surface area contributed by atoms with Crippen molar-refractivity contribution in [2.24, 2.45) is 0 Å². The maximum atomic E-state index is 13.6. The number of halogens is 2. The number of likely N-dealkylation sites (tertiary alicyclic amines) is 1. The molecule has 0 amide bonds. The fourth-order valence-corrected chi connectivity index (χ4v) is 5.39. The minimum absolute atomic E-state index is 0.0580. The molecule has 212 valence electrons. The van der Waals surface area contributed by atoms with Gasteiger partial charge in [0.1, 0.15) is 59.3 Å². The highest BCUT2D eigenvalue weighted by atomic mass is 35.5. The Balaban J connectivity index is 1.15. The van der Waals surface area contributed by atoms with E-state index in [4.69, 9.17) is 30.5 Å². The zero-order chi connectivity index (χ0) is 28.3. The fourth-order valence-electron chi connectivity index (χ4n) is 5.18. The Labute approximate surface area is 236 Å². The molecule has 3 aromatic carbocycles. The number of hydrogen-bond donors (Lipinski definition) is 2. The van der Waals surface area contributed by atoms with Gasteiger partial charge in [0.05, 0.1) is 12.1 Å². The standard InChI is InChI=1S/C30H31ClFNO7/c1-37-23-5-2-19(3-6-23)17-38-28-14-27(24(29(35)36)13-25(28)31)39-18-22(34)16-33-10-8-30(9-11-33)15-20-12-21(32)4-7-26(20)40-30/h2-7,12-14,22,34H,8-11,15-18H2,1H3,(H,35,36)/t22-/m0/s1. The van der Waals surface area contributed by atoms with Crippen LogP contribution >= 0.6 is 11.6 Å². The number of methoxy groups -OCH3 is 1. The smallest absolute Gasteiger partial charge is 0.339 e. The number of aromatic carboxylic acids is 1.